The number of rotatable bonds is 5. The van der Waals surface area contributed by atoms with Crippen LogP contribution < -0.4 is 11.1 Å². The van der Waals surface area contributed by atoms with E-state index in [4.69, 9.17) is 5.73 Å². The van der Waals surface area contributed by atoms with Crippen molar-refractivity contribution in [1.82, 2.24) is 20.1 Å². The summed E-state index contributed by atoms with van der Waals surface area (Å²) in [5.41, 5.74) is 5.48. The van der Waals surface area contributed by atoms with Gasteiger partial charge in [-0.2, -0.15) is 13.2 Å². The lowest BCUT2D eigenvalue weighted by Crippen LogP contribution is -2.45. The van der Waals surface area contributed by atoms with Gasteiger partial charge in [0.05, 0.1) is 12.1 Å². The minimum atomic E-state index is -4.58. The first-order chi connectivity index (χ1) is 15.6. The Kier molecular flexibility index (Phi) is 6.07. The van der Waals surface area contributed by atoms with Gasteiger partial charge < -0.3 is 16.2 Å². The minimum Gasteiger partial charge on any atom is -0.507 e. The number of phenolic OH excluding ortho intramolecular Hbond substituents is 1. The second-order valence-corrected chi connectivity index (χ2v) is 8.17. The van der Waals surface area contributed by atoms with Crippen molar-refractivity contribution in [2.45, 2.75) is 32.0 Å². The van der Waals surface area contributed by atoms with Gasteiger partial charge in [0.1, 0.15) is 17.0 Å². The van der Waals surface area contributed by atoms with Crippen LogP contribution in [0.15, 0.2) is 30.5 Å². The van der Waals surface area contributed by atoms with Crippen molar-refractivity contribution in [1.29, 1.82) is 0 Å². The predicted molar refractivity (Wildman–Crippen MR) is 116 cm³/mol. The maximum Gasteiger partial charge on any atom is 0.416 e. The van der Waals surface area contributed by atoms with Gasteiger partial charge in [-0.25, -0.2) is 0 Å². The van der Waals surface area contributed by atoms with Crippen LogP contribution in [0.25, 0.3) is 22.2 Å². The Labute approximate surface area is 187 Å². The smallest absolute Gasteiger partial charge is 0.416 e. The molecule has 1 aromatic carbocycles. The van der Waals surface area contributed by atoms with E-state index < -0.39 is 23.4 Å². The van der Waals surface area contributed by atoms with E-state index in [2.05, 4.69) is 20.5 Å². The summed E-state index contributed by atoms with van der Waals surface area (Å²) in [6, 6.07) is 5.07. The summed E-state index contributed by atoms with van der Waals surface area (Å²) in [6.45, 7) is 3.03. The number of phenols is 1. The lowest BCUT2D eigenvalue weighted by molar-refractivity contribution is -0.137. The number of nitrogens with zero attached hydrogens (tertiary/aromatic N) is 4. The van der Waals surface area contributed by atoms with E-state index in [0.717, 1.165) is 25.5 Å². The molecule has 3 aromatic rings. The van der Waals surface area contributed by atoms with Crippen molar-refractivity contribution in [3.05, 3.63) is 41.6 Å². The summed E-state index contributed by atoms with van der Waals surface area (Å²) in [5, 5.41) is 22.8. The number of aryl methyl sites for hydroxylation is 1. The monoisotopic (exact) mass is 460 g/mol. The molecule has 1 unspecified atom stereocenters. The van der Waals surface area contributed by atoms with E-state index in [0.29, 0.717) is 29.3 Å². The zero-order chi connectivity index (χ0) is 23.8. The summed E-state index contributed by atoms with van der Waals surface area (Å²) >= 11 is 0. The van der Waals surface area contributed by atoms with Crippen LogP contribution in [0, 0.1) is 6.92 Å². The standard InChI is InChI=1S/C22H23F3N6O2/c1-12-8-13(22(23,24)25)9-16(32)18(12)19-15-5-2-6-27-20(15)21(30-29-19)28-14-4-3-7-31(10-14)11-17(26)33/h2,5-6,8-9,14,32H,3-4,7,10-11H2,1H3,(H2,26,33)(H,28,30). The number of amides is 1. The van der Waals surface area contributed by atoms with Crippen LogP contribution in [-0.2, 0) is 11.0 Å². The highest BCUT2D eigenvalue weighted by Crippen LogP contribution is 2.40. The van der Waals surface area contributed by atoms with E-state index in [9.17, 15) is 23.1 Å². The highest BCUT2D eigenvalue weighted by molar-refractivity contribution is 5.99. The number of alkyl halides is 3. The highest BCUT2D eigenvalue weighted by atomic mass is 19.4. The van der Waals surface area contributed by atoms with Crippen LogP contribution in [0.5, 0.6) is 5.75 Å². The largest absolute Gasteiger partial charge is 0.507 e. The number of piperidine rings is 1. The molecular formula is C22H23F3N6O2. The van der Waals surface area contributed by atoms with Gasteiger partial charge >= 0.3 is 6.18 Å². The number of pyridine rings is 1. The molecule has 4 N–H and O–H groups in total. The van der Waals surface area contributed by atoms with E-state index in [-0.39, 0.29) is 29.4 Å². The van der Waals surface area contributed by atoms with Gasteiger partial charge in [0.25, 0.3) is 0 Å². The Hall–Kier alpha value is -3.47. The van der Waals surface area contributed by atoms with Gasteiger partial charge in [-0.15, -0.1) is 10.2 Å². The lowest BCUT2D eigenvalue weighted by atomic mass is 9.98. The second kappa shape index (κ2) is 8.81. The van der Waals surface area contributed by atoms with E-state index in [1.165, 1.54) is 6.92 Å². The molecule has 4 rings (SSSR count). The van der Waals surface area contributed by atoms with Gasteiger partial charge in [-0.05, 0) is 56.1 Å². The molecule has 0 radical (unpaired) electrons. The molecule has 0 aliphatic carbocycles. The van der Waals surface area contributed by atoms with Crippen molar-refractivity contribution >= 4 is 22.6 Å². The Bertz CT molecular complexity index is 1180. The third-order valence-corrected chi connectivity index (χ3v) is 5.64. The van der Waals surface area contributed by atoms with E-state index in [1.54, 1.807) is 18.3 Å². The molecule has 0 bridgehead atoms. The number of anilines is 1. The van der Waals surface area contributed by atoms with Crippen LogP contribution in [0.1, 0.15) is 24.0 Å². The van der Waals surface area contributed by atoms with E-state index >= 15 is 0 Å². The summed E-state index contributed by atoms with van der Waals surface area (Å²) < 4.78 is 39.4. The number of aromatic hydroxyl groups is 1. The fourth-order valence-electron chi connectivity index (χ4n) is 4.24. The third-order valence-electron chi connectivity index (χ3n) is 5.64. The number of halogens is 3. The Morgan fingerprint density at radius 2 is 2.12 bits per heavy atom. The minimum absolute atomic E-state index is 0.00957. The number of nitrogens with two attached hydrogens (primary N) is 1. The number of primary amides is 1. The van der Waals surface area contributed by atoms with Gasteiger partial charge in [0.2, 0.25) is 5.91 Å². The number of benzene rings is 1. The summed E-state index contributed by atoms with van der Waals surface area (Å²) in [4.78, 5) is 17.6. The highest BCUT2D eigenvalue weighted by Gasteiger charge is 2.32. The molecule has 1 aliphatic heterocycles. The topological polar surface area (TPSA) is 117 Å². The summed E-state index contributed by atoms with van der Waals surface area (Å²) in [7, 11) is 0. The number of likely N-dealkylation sites (tertiary alicyclic amines) is 1. The zero-order valence-corrected chi connectivity index (χ0v) is 17.9. The first-order valence-electron chi connectivity index (χ1n) is 10.4. The molecule has 2 aromatic heterocycles. The number of fused-ring (bicyclic) bond motifs is 1. The van der Waals surface area contributed by atoms with Crippen molar-refractivity contribution in [2.75, 3.05) is 25.0 Å². The van der Waals surface area contributed by atoms with Gasteiger partial charge in [-0.3, -0.25) is 14.7 Å². The van der Waals surface area contributed by atoms with Crippen LogP contribution in [0.2, 0.25) is 0 Å². The quantitative estimate of drug-likeness (QED) is 0.536. The Morgan fingerprint density at radius 3 is 2.82 bits per heavy atom. The Morgan fingerprint density at radius 1 is 1.33 bits per heavy atom. The molecule has 1 saturated heterocycles. The van der Waals surface area contributed by atoms with Crippen LogP contribution in [0.3, 0.4) is 0 Å². The van der Waals surface area contributed by atoms with Crippen LogP contribution in [-0.4, -0.2) is 56.8 Å². The predicted octanol–water partition coefficient (Wildman–Crippen LogP) is 3.09. The van der Waals surface area contributed by atoms with Gasteiger partial charge in [0.15, 0.2) is 5.82 Å². The second-order valence-electron chi connectivity index (χ2n) is 8.17. The maximum atomic E-state index is 13.1. The van der Waals surface area contributed by atoms with Crippen molar-refractivity contribution in [2.24, 2.45) is 5.73 Å². The molecule has 0 saturated carbocycles. The molecule has 1 amide bonds. The molecular weight excluding hydrogens is 437 g/mol. The van der Waals surface area contributed by atoms with Crippen molar-refractivity contribution in [3.8, 4) is 17.0 Å². The molecule has 174 valence electrons. The summed E-state index contributed by atoms with van der Waals surface area (Å²) in [6.07, 6.45) is -1.27. The first kappa shape index (κ1) is 22.7. The average molecular weight is 460 g/mol. The number of nitrogens with one attached hydrogen (secondary N) is 1. The summed E-state index contributed by atoms with van der Waals surface area (Å²) in [5.74, 6) is -0.500. The fraction of sp³-hybridized carbons (Fsp3) is 0.364. The number of hydrogen-bond donors (Lipinski definition) is 3. The number of carbonyl (C=O) groups excluding carboxylic acids is 1. The molecule has 8 nitrogen and oxygen atoms in total. The molecule has 3 heterocycles. The van der Waals surface area contributed by atoms with Gasteiger partial charge in [0, 0.05) is 29.7 Å². The fourth-order valence-corrected chi connectivity index (χ4v) is 4.24. The lowest BCUT2D eigenvalue weighted by Gasteiger charge is -2.32. The van der Waals surface area contributed by atoms with E-state index in [1.807, 2.05) is 4.90 Å². The average Bonchev–Trinajstić information content (AvgIpc) is 2.74. The number of hydrogen-bond acceptors (Lipinski definition) is 7. The molecule has 33 heavy (non-hydrogen) atoms. The Balaban J connectivity index is 1.70. The van der Waals surface area contributed by atoms with Gasteiger partial charge in [-0.1, -0.05) is 0 Å². The SMILES string of the molecule is Cc1cc(C(F)(F)F)cc(O)c1-c1nnc(NC2CCCN(CC(N)=O)C2)c2ncccc12. The maximum absolute atomic E-state index is 13.1. The molecule has 11 heteroatoms. The third kappa shape index (κ3) is 4.82. The first-order valence-corrected chi connectivity index (χ1v) is 10.4. The van der Waals surface area contributed by atoms with Crippen LogP contribution in [0.4, 0.5) is 19.0 Å². The normalized spacial score (nSPS) is 17.3. The number of carbonyl (C=O) groups is 1. The van der Waals surface area contributed by atoms with Crippen LogP contribution >= 0.6 is 0 Å². The van der Waals surface area contributed by atoms with Crippen molar-refractivity contribution < 1.29 is 23.1 Å². The molecule has 1 atom stereocenters. The molecule has 1 aliphatic rings. The number of aromatic nitrogens is 3. The molecule has 0 spiro atoms. The molecule has 1 fully saturated rings. The zero-order valence-electron chi connectivity index (χ0n) is 17.9. The van der Waals surface area contributed by atoms with Crippen molar-refractivity contribution in [3.63, 3.8) is 0 Å².